The normalized spacial score (nSPS) is 11.1. The van der Waals surface area contributed by atoms with Crippen molar-refractivity contribution in [3.8, 4) is 0 Å². The van der Waals surface area contributed by atoms with Gasteiger partial charge in [0.25, 0.3) is 0 Å². The van der Waals surface area contributed by atoms with E-state index < -0.39 is 0 Å². The maximum Gasteiger partial charge on any atom is 0.125 e. The maximum atomic E-state index is 13.0. The summed E-state index contributed by atoms with van der Waals surface area (Å²) in [7, 11) is 0. The number of imidazole rings is 1. The Morgan fingerprint density at radius 1 is 1.47 bits per heavy atom. The molecule has 2 nitrogen and oxygen atoms in total. The number of benzene rings is 1. The fourth-order valence-corrected chi connectivity index (χ4v) is 1.95. The minimum absolute atomic E-state index is 0.249. The molecule has 0 aliphatic rings. The molecule has 0 aliphatic heterocycles. The molecule has 80 valence electrons. The van der Waals surface area contributed by atoms with Gasteiger partial charge in [0.15, 0.2) is 0 Å². The average Bonchev–Trinajstić information content (AvgIpc) is 2.54. The van der Waals surface area contributed by atoms with E-state index in [4.69, 9.17) is 11.6 Å². The van der Waals surface area contributed by atoms with E-state index in [1.54, 1.807) is 6.07 Å². The first-order valence-corrected chi connectivity index (χ1v) is 5.50. The van der Waals surface area contributed by atoms with Gasteiger partial charge in [0, 0.05) is 24.9 Å². The fraction of sp³-hybridized carbons (Fsp3) is 0.364. The number of alkyl halides is 1. The topological polar surface area (TPSA) is 17.8 Å². The third-order valence-electron chi connectivity index (χ3n) is 2.42. The second kappa shape index (κ2) is 4.19. The van der Waals surface area contributed by atoms with Crippen molar-refractivity contribution in [3.63, 3.8) is 0 Å². The van der Waals surface area contributed by atoms with Gasteiger partial charge in [-0.05, 0) is 19.1 Å². The lowest BCUT2D eigenvalue weighted by atomic mass is 10.3. The van der Waals surface area contributed by atoms with Gasteiger partial charge in [-0.1, -0.05) is 0 Å². The number of aromatic nitrogens is 2. The summed E-state index contributed by atoms with van der Waals surface area (Å²) >= 11 is 5.70. The van der Waals surface area contributed by atoms with Gasteiger partial charge >= 0.3 is 0 Å². The molecule has 0 atom stereocenters. The zero-order valence-corrected chi connectivity index (χ0v) is 9.26. The Morgan fingerprint density at radius 3 is 2.93 bits per heavy atom. The zero-order valence-electron chi connectivity index (χ0n) is 8.50. The molecule has 0 spiro atoms. The third-order valence-corrected chi connectivity index (χ3v) is 2.61. The predicted octanol–water partition coefficient (Wildman–Crippen LogP) is 2.98. The van der Waals surface area contributed by atoms with Gasteiger partial charge in [0.05, 0.1) is 11.0 Å². The van der Waals surface area contributed by atoms with Crippen LogP contribution in [0.15, 0.2) is 18.2 Å². The third kappa shape index (κ3) is 1.84. The lowest BCUT2D eigenvalue weighted by Crippen LogP contribution is -2.02. The molecular formula is C11H12ClFN2. The molecular weight excluding hydrogens is 215 g/mol. The molecule has 0 bridgehead atoms. The summed E-state index contributed by atoms with van der Waals surface area (Å²) in [5.74, 6) is 1.21. The van der Waals surface area contributed by atoms with Gasteiger partial charge in [0.1, 0.15) is 11.6 Å². The SMILES string of the molecule is CCn1c(CCCl)nc2cc(F)ccc21. The number of rotatable bonds is 3. The highest BCUT2D eigenvalue weighted by Gasteiger charge is 2.09. The summed E-state index contributed by atoms with van der Waals surface area (Å²) in [5, 5.41) is 0. The minimum atomic E-state index is -0.249. The molecule has 2 aromatic rings. The molecule has 1 aromatic carbocycles. The van der Waals surface area contributed by atoms with E-state index >= 15 is 0 Å². The van der Waals surface area contributed by atoms with Crippen LogP contribution in [0.1, 0.15) is 12.7 Å². The maximum absolute atomic E-state index is 13.0. The number of halogens is 2. The quantitative estimate of drug-likeness (QED) is 0.736. The van der Waals surface area contributed by atoms with Crippen LogP contribution in [0.25, 0.3) is 11.0 Å². The molecule has 4 heteroatoms. The molecule has 1 heterocycles. The van der Waals surface area contributed by atoms with Crippen molar-refractivity contribution in [2.75, 3.05) is 5.88 Å². The van der Waals surface area contributed by atoms with Crippen LogP contribution in [0.5, 0.6) is 0 Å². The molecule has 2 rings (SSSR count). The fourth-order valence-electron chi connectivity index (χ4n) is 1.78. The first kappa shape index (κ1) is 10.4. The van der Waals surface area contributed by atoms with Crippen molar-refractivity contribution in [1.82, 2.24) is 9.55 Å². The highest BCUT2D eigenvalue weighted by Crippen LogP contribution is 2.18. The second-order valence-electron chi connectivity index (χ2n) is 3.34. The van der Waals surface area contributed by atoms with Gasteiger partial charge in [-0.25, -0.2) is 9.37 Å². The standard InChI is InChI=1S/C11H12ClFN2/c1-2-15-10-4-3-8(13)7-9(10)14-11(15)5-6-12/h3-4,7H,2,5-6H2,1H3. The Hall–Kier alpha value is -1.09. The highest BCUT2D eigenvalue weighted by molar-refractivity contribution is 6.17. The summed E-state index contributed by atoms with van der Waals surface area (Å²) in [5.41, 5.74) is 1.68. The summed E-state index contributed by atoms with van der Waals surface area (Å²) in [6, 6.07) is 4.68. The molecule has 0 aliphatic carbocycles. The van der Waals surface area contributed by atoms with Crippen LogP contribution in [0.3, 0.4) is 0 Å². The van der Waals surface area contributed by atoms with Gasteiger partial charge in [-0.3, -0.25) is 0 Å². The van der Waals surface area contributed by atoms with E-state index in [0.29, 0.717) is 17.8 Å². The smallest absolute Gasteiger partial charge is 0.125 e. The minimum Gasteiger partial charge on any atom is -0.328 e. The van der Waals surface area contributed by atoms with Crippen LogP contribution in [0.2, 0.25) is 0 Å². The van der Waals surface area contributed by atoms with Gasteiger partial charge in [-0.2, -0.15) is 0 Å². The number of nitrogens with zero attached hydrogens (tertiary/aromatic N) is 2. The Kier molecular flexibility index (Phi) is 2.91. The van der Waals surface area contributed by atoms with Crippen molar-refractivity contribution in [2.24, 2.45) is 0 Å². The van der Waals surface area contributed by atoms with Gasteiger partial charge in [0.2, 0.25) is 0 Å². The lowest BCUT2D eigenvalue weighted by Gasteiger charge is -2.03. The molecule has 0 N–H and O–H groups in total. The van der Waals surface area contributed by atoms with Crippen LogP contribution in [0.4, 0.5) is 4.39 Å². The van der Waals surface area contributed by atoms with E-state index in [-0.39, 0.29) is 5.82 Å². The van der Waals surface area contributed by atoms with Crippen molar-refractivity contribution in [3.05, 3.63) is 29.8 Å². The second-order valence-corrected chi connectivity index (χ2v) is 3.72. The Labute approximate surface area is 92.7 Å². The Balaban J connectivity index is 2.62. The van der Waals surface area contributed by atoms with Crippen molar-refractivity contribution in [1.29, 1.82) is 0 Å². The molecule has 0 saturated carbocycles. The van der Waals surface area contributed by atoms with E-state index in [1.807, 2.05) is 6.92 Å². The van der Waals surface area contributed by atoms with E-state index in [9.17, 15) is 4.39 Å². The Morgan fingerprint density at radius 2 is 2.27 bits per heavy atom. The van der Waals surface area contributed by atoms with E-state index in [2.05, 4.69) is 9.55 Å². The number of fused-ring (bicyclic) bond motifs is 1. The van der Waals surface area contributed by atoms with E-state index in [1.165, 1.54) is 12.1 Å². The van der Waals surface area contributed by atoms with Crippen LogP contribution in [-0.4, -0.2) is 15.4 Å². The summed E-state index contributed by atoms with van der Waals surface area (Å²) < 4.78 is 15.1. The van der Waals surface area contributed by atoms with Crippen LogP contribution in [-0.2, 0) is 13.0 Å². The Bertz CT molecular complexity index is 479. The van der Waals surface area contributed by atoms with Crippen LogP contribution < -0.4 is 0 Å². The summed E-state index contributed by atoms with van der Waals surface area (Å²) in [6.07, 6.45) is 0.714. The predicted molar refractivity (Wildman–Crippen MR) is 59.8 cm³/mol. The zero-order chi connectivity index (χ0) is 10.8. The summed E-state index contributed by atoms with van der Waals surface area (Å²) in [4.78, 5) is 4.37. The molecule has 1 aromatic heterocycles. The molecule has 0 amide bonds. The molecule has 0 fully saturated rings. The highest BCUT2D eigenvalue weighted by atomic mass is 35.5. The van der Waals surface area contributed by atoms with Crippen molar-refractivity contribution >= 4 is 22.6 Å². The largest absolute Gasteiger partial charge is 0.328 e. The van der Waals surface area contributed by atoms with Crippen molar-refractivity contribution < 1.29 is 4.39 Å². The van der Waals surface area contributed by atoms with Gasteiger partial charge in [-0.15, -0.1) is 11.6 Å². The average molecular weight is 227 g/mol. The number of hydrogen-bond acceptors (Lipinski definition) is 1. The first-order valence-electron chi connectivity index (χ1n) is 4.97. The molecule has 15 heavy (non-hydrogen) atoms. The van der Waals surface area contributed by atoms with Crippen LogP contribution >= 0.6 is 11.6 Å². The lowest BCUT2D eigenvalue weighted by molar-refractivity contribution is 0.629. The molecule has 0 radical (unpaired) electrons. The summed E-state index contributed by atoms with van der Waals surface area (Å²) in [6.45, 7) is 2.87. The monoisotopic (exact) mass is 226 g/mol. The molecule has 0 unspecified atom stereocenters. The molecule has 0 saturated heterocycles. The van der Waals surface area contributed by atoms with Crippen LogP contribution in [0, 0.1) is 5.82 Å². The number of aryl methyl sites for hydroxylation is 2. The first-order chi connectivity index (χ1) is 7.26. The van der Waals surface area contributed by atoms with Gasteiger partial charge < -0.3 is 4.57 Å². The van der Waals surface area contributed by atoms with Crippen molar-refractivity contribution in [2.45, 2.75) is 19.9 Å². The van der Waals surface area contributed by atoms with E-state index in [0.717, 1.165) is 17.9 Å². The number of hydrogen-bond donors (Lipinski definition) is 0.